The van der Waals surface area contributed by atoms with Crippen LogP contribution in [0.3, 0.4) is 0 Å². The fourth-order valence-electron chi connectivity index (χ4n) is 1.91. The van der Waals surface area contributed by atoms with Crippen molar-refractivity contribution in [3.63, 3.8) is 0 Å². The maximum Gasteiger partial charge on any atom is 0.257 e. The largest absolute Gasteiger partial charge is 0.484 e. The third-order valence-electron chi connectivity index (χ3n) is 3.17. The standard InChI is InChI=1S/C16H20N4O3/c1-3-17-15(21)11-23-14-7-5-13(6-8-14)19-16(22)12(2)20-10-4-9-18-20/h4-10,12H,3,11H2,1-2H3,(H,17,21)(H,19,22). The second-order valence-electron chi connectivity index (χ2n) is 4.92. The molecule has 1 aromatic carbocycles. The summed E-state index contributed by atoms with van der Waals surface area (Å²) >= 11 is 0. The van der Waals surface area contributed by atoms with Gasteiger partial charge in [0.2, 0.25) is 5.91 Å². The SMILES string of the molecule is CCNC(=O)COc1ccc(NC(=O)C(C)n2cccn2)cc1. The normalized spacial score (nSPS) is 11.6. The molecule has 1 aromatic heterocycles. The summed E-state index contributed by atoms with van der Waals surface area (Å²) in [6, 6.07) is 8.21. The van der Waals surface area contributed by atoms with Gasteiger partial charge in [-0.3, -0.25) is 14.3 Å². The van der Waals surface area contributed by atoms with Crippen molar-refractivity contribution in [2.24, 2.45) is 0 Å². The van der Waals surface area contributed by atoms with E-state index >= 15 is 0 Å². The molecule has 2 rings (SSSR count). The highest BCUT2D eigenvalue weighted by Gasteiger charge is 2.14. The molecule has 122 valence electrons. The average Bonchev–Trinajstić information content (AvgIpc) is 3.08. The van der Waals surface area contributed by atoms with Gasteiger partial charge in [-0.2, -0.15) is 5.10 Å². The summed E-state index contributed by atoms with van der Waals surface area (Å²) in [4.78, 5) is 23.4. The Morgan fingerprint density at radius 1 is 1.30 bits per heavy atom. The van der Waals surface area contributed by atoms with Crippen LogP contribution < -0.4 is 15.4 Å². The summed E-state index contributed by atoms with van der Waals surface area (Å²) in [5.41, 5.74) is 0.652. The number of nitrogens with one attached hydrogen (secondary N) is 2. The maximum atomic E-state index is 12.1. The van der Waals surface area contributed by atoms with Crippen LogP contribution in [0.25, 0.3) is 0 Å². The van der Waals surface area contributed by atoms with Crippen molar-refractivity contribution in [1.29, 1.82) is 0 Å². The van der Waals surface area contributed by atoms with E-state index in [9.17, 15) is 9.59 Å². The molecule has 0 bridgehead atoms. The molecule has 1 atom stereocenters. The Labute approximate surface area is 134 Å². The summed E-state index contributed by atoms with van der Waals surface area (Å²) in [7, 11) is 0. The minimum Gasteiger partial charge on any atom is -0.484 e. The van der Waals surface area contributed by atoms with E-state index in [1.807, 2.05) is 6.92 Å². The number of hydrogen-bond acceptors (Lipinski definition) is 4. The maximum absolute atomic E-state index is 12.1. The molecule has 0 aliphatic carbocycles. The number of carbonyl (C=O) groups is 2. The Morgan fingerprint density at radius 2 is 2.04 bits per heavy atom. The lowest BCUT2D eigenvalue weighted by Gasteiger charge is -2.13. The number of carbonyl (C=O) groups excluding carboxylic acids is 2. The Bertz CT molecular complexity index is 638. The Kier molecular flexibility index (Phi) is 5.74. The molecule has 0 radical (unpaired) electrons. The molecule has 0 aliphatic heterocycles. The van der Waals surface area contributed by atoms with Crippen LogP contribution in [0.1, 0.15) is 19.9 Å². The molecule has 0 saturated carbocycles. The highest BCUT2D eigenvalue weighted by Crippen LogP contribution is 2.17. The van der Waals surface area contributed by atoms with Crippen LogP contribution in [-0.4, -0.2) is 34.7 Å². The predicted molar refractivity (Wildman–Crippen MR) is 86.2 cm³/mol. The highest BCUT2D eigenvalue weighted by atomic mass is 16.5. The number of rotatable bonds is 7. The Hall–Kier alpha value is -2.83. The molecule has 23 heavy (non-hydrogen) atoms. The van der Waals surface area contributed by atoms with Crippen LogP contribution in [0.15, 0.2) is 42.7 Å². The highest BCUT2D eigenvalue weighted by molar-refractivity contribution is 5.93. The predicted octanol–water partition coefficient (Wildman–Crippen LogP) is 1.60. The van der Waals surface area contributed by atoms with Gasteiger partial charge >= 0.3 is 0 Å². The zero-order valence-electron chi connectivity index (χ0n) is 13.2. The van der Waals surface area contributed by atoms with E-state index in [1.165, 1.54) is 0 Å². The van der Waals surface area contributed by atoms with Gasteiger partial charge in [0.1, 0.15) is 11.8 Å². The van der Waals surface area contributed by atoms with Gasteiger partial charge in [0.05, 0.1) is 0 Å². The molecular formula is C16H20N4O3. The number of aromatic nitrogens is 2. The van der Waals surface area contributed by atoms with Crippen LogP contribution in [0.4, 0.5) is 5.69 Å². The third-order valence-corrected chi connectivity index (χ3v) is 3.17. The molecule has 0 fully saturated rings. The fraction of sp³-hybridized carbons (Fsp3) is 0.312. The average molecular weight is 316 g/mol. The minimum atomic E-state index is -0.404. The van der Waals surface area contributed by atoms with Crippen molar-refractivity contribution in [3.05, 3.63) is 42.7 Å². The molecule has 1 unspecified atom stereocenters. The number of anilines is 1. The van der Waals surface area contributed by atoms with Crippen LogP contribution in [-0.2, 0) is 9.59 Å². The van der Waals surface area contributed by atoms with E-state index in [2.05, 4.69) is 15.7 Å². The zero-order chi connectivity index (χ0) is 16.7. The summed E-state index contributed by atoms with van der Waals surface area (Å²) in [5, 5.41) is 9.50. The zero-order valence-corrected chi connectivity index (χ0v) is 13.2. The molecule has 2 N–H and O–H groups in total. The quantitative estimate of drug-likeness (QED) is 0.812. The van der Waals surface area contributed by atoms with Gasteiger partial charge < -0.3 is 15.4 Å². The first-order chi connectivity index (χ1) is 11.1. The Morgan fingerprint density at radius 3 is 2.65 bits per heavy atom. The number of nitrogens with zero attached hydrogens (tertiary/aromatic N) is 2. The van der Waals surface area contributed by atoms with E-state index in [0.717, 1.165) is 0 Å². The van der Waals surface area contributed by atoms with E-state index < -0.39 is 6.04 Å². The lowest BCUT2D eigenvalue weighted by atomic mass is 10.2. The van der Waals surface area contributed by atoms with Crippen LogP contribution in [0, 0.1) is 0 Å². The van der Waals surface area contributed by atoms with Crippen molar-refractivity contribution in [3.8, 4) is 5.75 Å². The molecule has 0 spiro atoms. The smallest absolute Gasteiger partial charge is 0.257 e. The second-order valence-corrected chi connectivity index (χ2v) is 4.92. The van der Waals surface area contributed by atoms with Crippen molar-refractivity contribution in [2.45, 2.75) is 19.9 Å². The molecule has 7 nitrogen and oxygen atoms in total. The molecule has 7 heteroatoms. The van der Waals surface area contributed by atoms with Crippen LogP contribution in [0.5, 0.6) is 5.75 Å². The van der Waals surface area contributed by atoms with Gasteiger partial charge in [0.25, 0.3) is 5.91 Å². The molecule has 0 saturated heterocycles. The fourth-order valence-corrected chi connectivity index (χ4v) is 1.91. The molecule has 0 aliphatic rings. The number of hydrogen-bond donors (Lipinski definition) is 2. The van der Waals surface area contributed by atoms with Gasteiger partial charge in [0.15, 0.2) is 6.61 Å². The molecule has 2 aromatic rings. The van der Waals surface area contributed by atoms with E-state index in [1.54, 1.807) is 54.3 Å². The van der Waals surface area contributed by atoms with Crippen LogP contribution >= 0.6 is 0 Å². The monoisotopic (exact) mass is 316 g/mol. The van der Waals surface area contributed by atoms with Crippen molar-refractivity contribution in [2.75, 3.05) is 18.5 Å². The second kappa shape index (κ2) is 7.98. The summed E-state index contributed by atoms with van der Waals surface area (Å²) < 4.78 is 6.93. The lowest BCUT2D eigenvalue weighted by Crippen LogP contribution is -2.28. The first-order valence-electron chi connectivity index (χ1n) is 7.39. The van der Waals surface area contributed by atoms with Crippen molar-refractivity contribution < 1.29 is 14.3 Å². The number of ether oxygens (including phenoxy) is 1. The van der Waals surface area contributed by atoms with Gasteiger partial charge in [-0.25, -0.2) is 0 Å². The first-order valence-corrected chi connectivity index (χ1v) is 7.39. The van der Waals surface area contributed by atoms with Gasteiger partial charge in [-0.1, -0.05) is 0 Å². The van der Waals surface area contributed by atoms with E-state index in [-0.39, 0.29) is 18.4 Å². The topological polar surface area (TPSA) is 85.3 Å². The molecule has 1 heterocycles. The third kappa shape index (κ3) is 4.84. The first kappa shape index (κ1) is 16.5. The van der Waals surface area contributed by atoms with E-state index in [0.29, 0.717) is 18.0 Å². The van der Waals surface area contributed by atoms with Crippen LogP contribution in [0.2, 0.25) is 0 Å². The molecule has 2 amide bonds. The Balaban J connectivity index is 1.87. The van der Waals surface area contributed by atoms with Gasteiger partial charge in [-0.05, 0) is 44.2 Å². The summed E-state index contributed by atoms with van der Waals surface area (Å²) in [6.45, 7) is 4.16. The van der Waals surface area contributed by atoms with Gasteiger partial charge in [-0.15, -0.1) is 0 Å². The summed E-state index contributed by atoms with van der Waals surface area (Å²) in [5.74, 6) is 0.233. The number of likely N-dealkylation sites (N-methyl/N-ethyl adjacent to an activating group) is 1. The van der Waals surface area contributed by atoms with Crippen molar-refractivity contribution >= 4 is 17.5 Å². The number of benzene rings is 1. The molecular weight excluding hydrogens is 296 g/mol. The number of amides is 2. The van der Waals surface area contributed by atoms with E-state index in [4.69, 9.17) is 4.74 Å². The lowest BCUT2D eigenvalue weighted by molar-refractivity contribution is -0.123. The summed E-state index contributed by atoms with van der Waals surface area (Å²) in [6.07, 6.45) is 3.37. The van der Waals surface area contributed by atoms with Crippen molar-refractivity contribution in [1.82, 2.24) is 15.1 Å². The minimum absolute atomic E-state index is 0.0319. The van der Waals surface area contributed by atoms with Gasteiger partial charge in [0, 0.05) is 24.6 Å².